The Morgan fingerprint density at radius 2 is 2.17 bits per heavy atom. The second-order valence-electron chi connectivity index (χ2n) is 7.38. The summed E-state index contributed by atoms with van der Waals surface area (Å²) in [4.78, 5) is 16.5. The molecule has 1 amide bonds. The van der Waals surface area contributed by atoms with Gasteiger partial charge in [0.25, 0.3) is 0 Å². The molecular formula is C23H26N4O2. The van der Waals surface area contributed by atoms with Crippen LogP contribution in [0.3, 0.4) is 0 Å². The standard InChI is InChI=1S/C22H22N4O2.CH4/c1-14(2)28-22(27)25-17-10-19-18-9-15(12-23)6-7-20(18)26(21(19)11-17)13-16-5-3-4-8-24-16;/h3-9,14,17H,10-11,13H2,1-2H3,(H,25,27);1H4/t17-;/m0./s1. The second kappa shape index (κ2) is 8.36. The van der Waals surface area contributed by atoms with Crippen LogP contribution in [0, 0.1) is 11.3 Å². The zero-order valence-electron chi connectivity index (χ0n) is 16.0. The Kier molecular flexibility index (Phi) is 5.88. The number of aromatic nitrogens is 2. The van der Waals surface area contributed by atoms with Gasteiger partial charge in [-0.2, -0.15) is 5.26 Å². The Morgan fingerprint density at radius 1 is 1.34 bits per heavy atom. The molecule has 1 N–H and O–H groups in total. The number of nitrogens with zero attached hydrogens (tertiary/aromatic N) is 3. The summed E-state index contributed by atoms with van der Waals surface area (Å²) in [6, 6.07) is 13.9. The van der Waals surface area contributed by atoms with Crippen LogP contribution >= 0.6 is 0 Å². The lowest BCUT2D eigenvalue weighted by Crippen LogP contribution is -2.37. The molecule has 1 aliphatic rings. The smallest absolute Gasteiger partial charge is 0.407 e. The Hall–Kier alpha value is -3.33. The number of rotatable bonds is 4. The maximum Gasteiger partial charge on any atom is 0.407 e. The minimum atomic E-state index is -0.386. The van der Waals surface area contributed by atoms with Crippen LogP contribution in [0.4, 0.5) is 4.79 Å². The fourth-order valence-electron chi connectivity index (χ4n) is 3.91. The van der Waals surface area contributed by atoms with Crippen molar-refractivity contribution in [2.45, 2.75) is 52.8 Å². The van der Waals surface area contributed by atoms with Gasteiger partial charge in [-0.15, -0.1) is 0 Å². The van der Waals surface area contributed by atoms with Crippen LogP contribution < -0.4 is 5.32 Å². The first-order valence-electron chi connectivity index (χ1n) is 9.46. The van der Waals surface area contributed by atoms with Crippen molar-refractivity contribution in [2.75, 3.05) is 0 Å². The molecule has 29 heavy (non-hydrogen) atoms. The van der Waals surface area contributed by atoms with Crippen molar-refractivity contribution in [3.05, 3.63) is 65.1 Å². The predicted octanol–water partition coefficient (Wildman–Crippen LogP) is 4.19. The molecule has 150 valence electrons. The van der Waals surface area contributed by atoms with Gasteiger partial charge in [0.15, 0.2) is 0 Å². The summed E-state index contributed by atoms with van der Waals surface area (Å²) < 4.78 is 7.48. The summed E-state index contributed by atoms with van der Waals surface area (Å²) >= 11 is 0. The number of alkyl carbamates (subject to hydrolysis) is 1. The molecule has 6 heteroatoms. The van der Waals surface area contributed by atoms with Crippen LogP contribution in [0.2, 0.25) is 0 Å². The molecule has 4 rings (SSSR count). The van der Waals surface area contributed by atoms with Gasteiger partial charge in [0, 0.05) is 35.3 Å². The third-order valence-corrected chi connectivity index (χ3v) is 5.02. The Morgan fingerprint density at radius 3 is 2.86 bits per heavy atom. The van der Waals surface area contributed by atoms with E-state index in [4.69, 9.17) is 4.74 Å². The van der Waals surface area contributed by atoms with E-state index >= 15 is 0 Å². The van der Waals surface area contributed by atoms with Gasteiger partial charge in [0.1, 0.15) is 0 Å². The molecule has 1 aliphatic carbocycles. The van der Waals surface area contributed by atoms with E-state index in [0.717, 1.165) is 29.4 Å². The zero-order valence-corrected chi connectivity index (χ0v) is 16.0. The number of fused-ring (bicyclic) bond motifs is 3. The van der Waals surface area contributed by atoms with Crippen molar-refractivity contribution in [2.24, 2.45) is 0 Å². The minimum Gasteiger partial charge on any atom is -0.447 e. The number of hydrogen-bond acceptors (Lipinski definition) is 4. The zero-order chi connectivity index (χ0) is 19.7. The number of hydrogen-bond donors (Lipinski definition) is 1. The highest BCUT2D eigenvalue weighted by molar-refractivity contribution is 5.88. The number of carbonyl (C=O) groups is 1. The molecule has 0 spiro atoms. The largest absolute Gasteiger partial charge is 0.447 e. The molecule has 0 radical (unpaired) electrons. The number of amides is 1. The molecule has 2 aromatic heterocycles. The van der Waals surface area contributed by atoms with E-state index in [2.05, 4.69) is 20.9 Å². The van der Waals surface area contributed by atoms with Crippen molar-refractivity contribution in [1.82, 2.24) is 14.9 Å². The first-order valence-corrected chi connectivity index (χ1v) is 9.46. The first kappa shape index (κ1) is 20.4. The Bertz CT molecular complexity index is 1060. The van der Waals surface area contributed by atoms with Crippen LogP contribution in [0.5, 0.6) is 0 Å². The predicted molar refractivity (Wildman–Crippen MR) is 113 cm³/mol. The fraction of sp³-hybridized carbons (Fsp3) is 0.348. The molecule has 1 aromatic carbocycles. The van der Waals surface area contributed by atoms with E-state index < -0.39 is 0 Å². The number of nitriles is 1. The van der Waals surface area contributed by atoms with E-state index in [0.29, 0.717) is 12.1 Å². The number of carbonyl (C=O) groups excluding carboxylic acids is 1. The maximum absolute atomic E-state index is 12.0. The molecule has 0 saturated heterocycles. The summed E-state index contributed by atoms with van der Waals surface area (Å²) in [5.41, 5.74) is 5.09. The average molecular weight is 390 g/mol. The van der Waals surface area contributed by atoms with Crippen LogP contribution in [0.1, 0.15) is 43.8 Å². The number of ether oxygens (including phenoxy) is 1. The van der Waals surface area contributed by atoms with E-state index in [1.54, 1.807) is 6.20 Å². The first-order chi connectivity index (χ1) is 13.5. The van der Waals surface area contributed by atoms with Gasteiger partial charge >= 0.3 is 6.09 Å². The summed E-state index contributed by atoms with van der Waals surface area (Å²) in [5.74, 6) is 0. The van der Waals surface area contributed by atoms with Crippen molar-refractivity contribution < 1.29 is 9.53 Å². The van der Waals surface area contributed by atoms with Gasteiger partial charge in [0.05, 0.1) is 30.0 Å². The molecule has 0 fully saturated rings. The normalized spacial score (nSPS) is 14.9. The van der Waals surface area contributed by atoms with Crippen molar-refractivity contribution in [3.63, 3.8) is 0 Å². The summed E-state index contributed by atoms with van der Waals surface area (Å²) in [7, 11) is 0. The van der Waals surface area contributed by atoms with E-state index in [9.17, 15) is 10.1 Å². The Balaban J connectivity index is 0.00000240. The van der Waals surface area contributed by atoms with Crippen molar-refractivity contribution in [3.8, 4) is 6.07 Å². The van der Waals surface area contributed by atoms with Crippen molar-refractivity contribution >= 4 is 17.0 Å². The number of nitrogens with one attached hydrogen (secondary N) is 1. The summed E-state index contributed by atoms with van der Waals surface area (Å²) in [5, 5.41) is 13.4. The molecule has 2 heterocycles. The van der Waals surface area contributed by atoms with Gasteiger partial charge in [-0.3, -0.25) is 4.98 Å². The lowest BCUT2D eigenvalue weighted by molar-refractivity contribution is 0.112. The van der Waals surface area contributed by atoms with Crippen molar-refractivity contribution in [1.29, 1.82) is 5.26 Å². The molecular weight excluding hydrogens is 364 g/mol. The highest BCUT2D eigenvalue weighted by Crippen LogP contribution is 2.34. The molecule has 6 nitrogen and oxygen atoms in total. The van der Waals surface area contributed by atoms with E-state index in [1.165, 1.54) is 11.3 Å². The fourth-order valence-corrected chi connectivity index (χ4v) is 3.91. The molecule has 0 aliphatic heterocycles. The van der Waals surface area contributed by atoms with Crippen LogP contribution in [0.15, 0.2) is 42.6 Å². The third kappa shape index (κ3) is 4.09. The molecule has 0 unspecified atom stereocenters. The van der Waals surface area contributed by atoms with Crippen LogP contribution in [-0.2, 0) is 24.1 Å². The maximum atomic E-state index is 12.0. The lowest BCUT2D eigenvalue weighted by Gasteiger charge is -2.16. The minimum absolute atomic E-state index is 0. The highest BCUT2D eigenvalue weighted by atomic mass is 16.6. The van der Waals surface area contributed by atoms with Gasteiger partial charge in [0.2, 0.25) is 0 Å². The van der Waals surface area contributed by atoms with Crippen LogP contribution in [-0.4, -0.2) is 27.8 Å². The average Bonchev–Trinajstić information content (AvgIpc) is 3.19. The van der Waals surface area contributed by atoms with Gasteiger partial charge in [-0.05, 0) is 56.2 Å². The molecule has 0 saturated carbocycles. The molecule has 1 atom stereocenters. The monoisotopic (exact) mass is 390 g/mol. The van der Waals surface area contributed by atoms with E-state index in [1.807, 2.05) is 50.2 Å². The summed E-state index contributed by atoms with van der Waals surface area (Å²) in [6.07, 6.45) is 2.71. The quantitative estimate of drug-likeness (QED) is 0.724. The SMILES string of the molecule is C.CC(C)OC(=O)N[C@H]1Cc2c(n(Cc3ccccn3)c3ccc(C#N)cc23)C1. The number of benzene rings is 1. The number of pyridine rings is 1. The topological polar surface area (TPSA) is 79.9 Å². The third-order valence-electron chi connectivity index (χ3n) is 5.02. The second-order valence-corrected chi connectivity index (χ2v) is 7.38. The lowest BCUT2D eigenvalue weighted by atomic mass is 10.1. The van der Waals surface area contributed by atoms with Gasteiger partial charge in [-0.25, -0.2) is 4.79 Å². The van der Waals surface area contributed by atoms with Gasteiger partial charge in [-0.1, -0.05) is 13.5 Å². The highest BCUT2D eigenvalue weighted by Gasteiger charge is 2.30. The molecule has 0 bridgehead atoms. The van der Waals surface area contributed by atoms with Crippen LogP contribution in [0.25, 0.3) is 10.9 Å². The Labute approximate surface area is 171 Å². The molecule has 3 aromatic rings. The van der Waals surface area contributed by atoms with E-state index in [-0.39, 0.29) is 25.7 Å². The van der Waals surface area contributed by atoms with Gasteiger partial charge < -0.3 is 14.6 Å². The summed E-state index contributed by atoms with van der Waals surface area (Å²) in [6.45, 7) is 4.32.